The number of ether oxygens (including phenoxy) is 1. The molecular weight excluding hydrogens is 325 g/mol. The van der Waals surface area contributed by atoms with E-state index in [0.717, 1.165) is 56.2 Å². The van der Waals surface area contributed by atoms with Crippen molar-refractivity contribution in [3.05, 3.63) is 30.6 Å². The van der Waals surface area contributed by atoms with Gasteiger partial charge >= 0.3 is 0 Å². The fraction of sp³-hybridized carbons (Fsp3) is 0.429. The molecule has 6 nitrogen and oxygen atoms in total. The number of halogens is 2. The van der Waals surface area contributed by atoms with Gasteiger partial charge in [0.05, 0.1) is 24.2 Å². The van der Waals surface area contributed by atoms with Gasteiger partial charge in [-0.2, -0.15) is 9.61 Å². The molecule has 1 aromatic carbocycles. The first-order chi connectivity index (χ1) is 9.92. The molecule has 0 saturated carbocycles. The number of hydrogen-bond acceptors (Lipinski definition) is 4. The van der Waals surface area contributed by atoms with Crippen LogP contribution in [0.25, 0.3) is 16.8 Å². The topological polar surface area (TPSA) is 47.6 Å². The van der Waals surface area contributed by atoms with Crippen LogP contribution in [0.15, 0.2) is 30.6 Å². The molecule has 0 unspecified atom stereocenters. The van der Waals surface area contributed by atoms with Crippen molar-refractivity contribution in [2.75, 3.05) is 32.8 Å². The number of para-hydroxylation sites is 2. The summed E-state index contributed by atoms with van der Waals surface area (Å²) in [6.45, 7) is 5.63. The average molecular weight is 344 g/mol. The van der Waals surface area contributed by atoms with E-state index in [1.54, 1.807) is 0 Å². The maximum atomic E-state index is 5.37. The number of benzene rings is 1. The van der Waals surface area contributed by atoms with E-state index in [1.165, 1.54) is 0 Å². The zero-order valence-electron chi connectivity index (χ0n) is 12.1. The molecule has 0 N–H and O–H groups in total. The number of hydrogen-bond donors (Lipinski definition) is 0. The van der Waals surface area contributed by atoms with Gasteiger partial charge < -0.3 is 4.74 Å². The Hall–Kier alpha value is -1.34. The molecule has 22 heavy (non-hydrogen) atoms. The van der Waals surface area contributed by atoms with E-state index in [2.05, 4.69) is 25.6 Å². The van der Waals surface area contributed by atoms with Gasteiger partial charge in [-0.25, -0.2) is 4.98 Å². The Morgan fingerprint density at radius 2 is 1.82 bits per heavy atom. The predicted octanol–water partition coefficient (Wildman–Crippen LogP) is 1.86. The van der Waals surface area contributed by atoms with Gasteiger partial charge in [0.2, 0.25) is 5.78 Å². The second kappa shape index (κ2) is 7.28. The van der Waals surface area contributed by atoms with Crippen LogP contribution in [0.1, 0.15) is 0 Å². The molecule has 2 aromatic heterocycles. The molecule has 0 radical (unpaired) electrons. The van der Waals surface area contributed by atoms with Crippen molar-refractivity contribution in [1.29, 1.82) is 0 Å². The Labute approximate surface area is 140 Å². The third-order valence-electron chi connectivity index (χ3n) is 3.84. The number of nitrogens with zero attached hydrogens (tertiary/aromatic N) is 5. The molecule has 1 saturated heterocycles. The summed E-state index contributed by atoms with van der Waals surface area (Å²) in [6, 6.07) is 8.10. The van der Waals surface area contributed by atoms with E-state index >= 15 is 0 Å². The van der Waals surface area contributed by atoms with Crippen molar-refractivity contribution < 1.29 is 4.74 Å². The summed E-state index contributed by atoms with van der Waals surface area (Å²) in [5.41, 5.74) is 2.06. The van der Waals surface area contributed by atoms with E-state index in [4.69, 9.17) is 4.74 Å². The summed E-state index contributed by atoms with van der Waals surface area (Å²) < 4.78 is 9.40. The van der Waals surface area contributed by atoms with Crippen LogP contribution < -0.4 is 0 Å². The fourth-order valence-corrected chi connectivity index (χ4v) is 2.70. The molecule has 1 aliphatic heterocycles. The normalized spacial score (nSPS) is 15.6. The van der Waals surface area contributed by atoms with Gasteiger partial charge in [-0.1, -0.05) is 12.1 Å². The predicted molar refractivity (Wildman–Crippen MR) is 90.2 cm³/mol. The second-order valence-corrected chi connectivity index (χ2v) is 5.09. The van der Waals surface area contributed by atoms with Gasteiger partial charge in [-0.05, 0) is 12.1 Å². The van der Waals surface area contributed by atoms with Crippen molar-refractivity contribution in [3.63, 3.8) is 0 Å². The van der Waals surface area contributed by atoms with E-state index in [0.29, 0.717) is 0 Å². The lowest BCUT2D eigenvalue weighted by atomic mass is 10.3. The van der Waals surface area contributed by atoms with Crippen molar-refractivity contribution in [1.82, 2.24) is 24.1 Å². The number of imidazole rings is 1. The number of rotatable bonds is 3. The number of aromatic nitrogens is 4. The van der Waals surface area contributed by atoms with Gasteiger partial charge in [0.15, 0.2) is 0 Å². The number of fused-ring (bicyclic) bond motifs is 3. The summed E-state index contributed by atoms with van der Waals surface area (Å²) in [5.74, 6) is 0.916. The van der Waals surface area contributed by atoms with E-state index in [1.807, 2.05) is 29.0 Å². The monoisotopic (exact) mass is 343 g/mol. The highest BCUT2D eigenvalue weighted by molar-refractivity contribution is 5.85. The molecule has 0 atom stereocenters. The molecule has 1 fully saturated rings. The molecule has 0 bridgehead atoms. The summed E-state index contributed by atoms with van der Waals surface area (Å²) in [5, 5.41) is 4.44. The maximum Gasteiger partial charge on any atom is 0.233 e. The minimum atomic E-state index is 0. The molecule has 120 valence electrons. The molecule has 8 heteroatoms. The zero-order valence-corrected chi connectivity index (χ0v) is 13.7. The van der Waals surface area contributed by atoms with Gasteiger partial charge in [-0.15, -0.1) is 24.8 Å². The highest BCUT2D eigenvalue weighted by atomic mass is 35.5. The third-order valence-corrected chi connectivity index (χ3v) is 3.84. The molecule has 1 aliphatic rings. The Balaban J connectivity index is 0.000000882. The van der Waals surface area contributed by atoms with Crippen LogP contribution in [0.5, 0.6) is 0 Å². The lowest BCUT2D eigenvalue weighted by Gasteiger charge is -2.26. The molecule has 4 rings (SSSR count). The molecule has 3 aromatic rings. The van der Waals surface area contributed by atoms with E-state index < -0.39 is 0 Å². The van der Waals surface area contributed by atoms with Gasteiger partial charge in [0.1, 0.15) is 6.33 Å². The van der Waals surface area contributed by atoms with Crippen LogP contribution in [0.2, 0.25) is 0 Å². The first-order valence-corrected chi connectivity index (χ1v) is 7.00. The van der Waals surface area contributed by atoms with Crippen LogP contribution in [0, 0.1) is 0 Å². The molecule has 3 heterocycles. The Morgan fingerprint density at radius 1 is 1.05 bits per heavy atom. The van der Waals surface area contributed by atoms with Gasteiger partial charge in [-0.3, -0.25) is 9.47 Å². The molecule has 0 aliphatic carbocycles. The summed E-state index contributed by atoms with van der Waals surface area (Å²) in [7, 11) is 0. The van der Waals surface area contributed by atoms with Crippen molar-refractivity contribution in [2.24, 2.45) is 0 Å². The number of morpholine rings is 1. The van der Waals surface area contributed by atoms with Gasteiger partial charge in [0.25, 0.3) is 0 Å². The molecule has 0 spiro atoms. The minimum Gasteiger partial charge on any atom is -0.379 e. The van der Waals surface area contributed by atoms with E-state index in [9.17, 15) is 0 Å². The minimum absolute atomic E-state index is 0. The second-order valence-electron chi connectivity index (χ2n) is 5.09. The molecule has 0 amide bonds. The van der Waals surface area contributed by atoms with Crippen molar-refractivity contribution >= 4 is 41.6 Å². The van der Waals surface area contributed by atoms with Crippen LogP contribution in [-0.4, -0.2) is 56.9 Å². The quantitative estimate of drug-likeness (QED) is 0.728. The van der Waals surface area contributed by atoms with Gasteiger partial charge in [0, 0.05) is 26.2 Å². The highest BCUT2D eigenvalue weighted by Crippen LogP contribution is 2.15. The first kappa shape index (κ1) is 17.0. The van der Waals surface area contributed by atoms with Crippen LogP contribution >= 0.6 is 24.8 Å². The fourth-order valence-electron chi connectivity index (χ4n) is 2.70. The van der Waals surface area contributed by atoms with Crippen LogP contribution in [0.3, 0.4) is 0 Å². The first-order valence-electron chi connectivity index (χ1n) is 7.00. The Kier molecular flexibility index (Phi) is 5.63. The summed E-state index contributed by atoms with van der Waals surface area (Å²) in [4.78, 5) is 7.08. The Bertz CT molecular complexity index is 735. The lowest BCUT2D eigenvalue weighted by Crippen LogP contribution is -2.38. The lowest BCUT2D eigenvalue weighted by molar-refractivity contribution is 0.0365. The Morgan fingerprint density at radius 3 is 2.64 bits per heavy atom. The third kappa shape index (κ3) is 3.05. The smallest absolute Gasteiger partial charge is 0.233 e. The average Bonchev–Trinajstić information content (AvgIpc) is 3.05. The SMILES string of the molecule is Cl.Cl.c1ccc2c(c1)nc1n(CCN3CCOCC3)cnn21. The van der Waals surface area contributed by atoms with Crippen LogP contribution in [-0.2, 0) is 11.3 Å². The maximum absolute atomic E-state index is 5.37. The standard InChI is InChI=1S/C14H17N5O.2ClH/c1-2-4-13-12(3-1)16-14-18(11-15-19(13)14)6-5-17-7-9-20-10-8-17;;/h1-4,11H,5-10H2;2*1H. The highest BCUT2D eigenvalue weighted by Gasteiger charge is 2.13. The van der Waals surface area contributed by atoms with Crippen molar-refractivity contribution in [3.8, 4) is 0 Å². The molecular formula is C14H19Cl2N5O. The van der Waals surface area contributed by atoms with Crippen LogP contribution in [0.4, 0.5) is 0 Å². The summed E-state index contributed by atoms with van der Waals surface area (Å²) in [6.07, 6.45) is 1.87. The zero-order chi connectivity index (χ0) is 13.4. The summed E-state index contributed by atoms with van der Waals surface area (Å²) >= 11 is 0. The van der Waals surface area contributed by atoms with E-state index in [-0.39, 0.29) is 24.8 Å². The van der Waals surface area contributed by atoms with Crippen molar-refractivity contribution in [2.45, 2.75) is 6.54 Å². The largest absolute Gasteiger partial charge is 0.379 e.